The van der Waals surface area contributed by atoms with Crippen LogP contribution in [0.15, 0.2) is 79.0 Å². The number of H-pyrrole nitrogens is 1. The maximum atomic E-state index is 13.6. The maximum absolute atomic E-state index is 13.6. The molecule has 0 aliphatic heterocycles. The Morgan fingerprint density at radius 3 is 2.12 bits per heavy atom. The third-order valence-electron chi connectivity index (χ3n) is 7.65. The summed E-state index contributed by atoms with van der Waals surface area (Å²) in [5.74, 6) is -0.941. The van der Waals surface area contributed by atoms with E-state index in [1.165, 1.54) is 0 Å². The average Bonchev–Trinajstić information content (AvgIpc) is 3.54. The van der Waals surface area contributed by atoms with E-state index in [0.29, 0.717) is 6.42 Å². The smallest absolute Gasteiger partial charge is 0.407 e. The molecule has 3 aromatic carbocycles. The van der Waals surface area contributed by atoms with Crippen molar-refractivity contribution < 1.29 is 23.9 Å². The van der Waals surface area contributed by atoms with Crippen molar-refractivity contribution in [1.29, 1.82) is 0 Å². The molecule has 43 heavy (non-hydrogen) atoms. The minimum absolute atomic E-state index is 0. The van der Waals surface area contributed by atoms with E-state index in [-0.39, 0.29) is 43.9 Å². The number of amides is 2. The van der Waals surface area contributed by atoms with Crippen LogP contribution in [0.25, 0.3) is 22.0 Å². The zero-order valence-corrected chi connectivity index (χ0v) is 25.4. The third kappa shape index (κ3) is 7.20. The van der Waals surface area contributed by atoms with E-state index < -0.39 is 30.1 Å². The Morgan fingerprint density at radius 2 is 1.47 bits per heavy atom. The molecule has 1 aliphatic rings. The van der Waals surface area contributed by atoms with E-state index in [2.05, 4.69) is 39.9 Å². The number of carbonyl (C=O) groups excluding carboxylic acids is 3. The van der Waals surface area contributed by atoms with Crippen LogP contribution in [0.1, 0.15) is 49.8 Å². The molecule has 1 heterocycles. The Morgan fingerprint density at radius 1 is 0.837 bits per heavy atom. The number of nitrogens with one attached hydrogen (secondary N) is 3. The predicted octanol–water partition coefficient (Wildman–Crippen LogP) is 6.13. The molecule has 0 bridgehead atoms. The Hall–Kier alpha value is -4.30. The number of fused-ring (bicyclic) bond motifs is 4. The van der Waals surface area contributed by atoms with Gasteiger partial charge in [0, 0.05) is 29.4 Å². The Kier molecular flexibility index (Phi) is 10.5. The van der Waals surface area contributed by atoms with Gasteiger partial charge in [-0.1, -0.05) is 80.6 Å². The normalized spacial score (nSPS) is 13.4. The monoisotopic (exact) mass is 603 g/mol. The van der Waals surface area contributed by atoms with Crippen molar-refractivity contribution in [1.82, 2.24) is 15.6 Å². The number of aromatic amines is 1. The summed E-state index contributed by atoms with van der Waals surface area (Å²) in [7, 11) is 0. The molecular weight excluding hydrogens is 566 g/mol. The molecule has 8 nitrogen and oxygen atoms in total. The zero-order valence-electron chi connectivity index (χ0n) is 24.6. The van der Waals surface area contributed by atoms with Crippen LogP contribution in [0, 0.1) is 5.92 Å². The van der Waals surface area contributed by atoms with Crippen molar-refractivity contribution in [3.8, 4) is 11.1 Å². The summed E-state index contributed by atoms with van der Waals surface area (Å²) >= 11 is 0. The van der Waals surface area contributed by atoms with Gasteiger partial charge in [-0.05, 0) is 53.1 Å². The molecule has 2 amide bonds. The molecule has 5 rings (SSSR count). The van der Waals surface area contributed by atoms with Crippen LogP contribution in [0.5, 0.6) is 0 Å². The molecule has 2 atom stereocenters. The lowest BCUT2D eigenvalue weighted by molar-refractivity contribution is -0.148. The summed E-state index contributed by atoms with van der Waals surface area (Å²) in [6.45, 7) is 6.00. The molecular formula is C34H38ClN3O5. The van der Waals surface area contributed by atoms with Gasteiger partial charge < -0.3 is 25.1 Å². The minimum Gasteiger partial charge on any atom is -0.464 e. The van der Waals surface area contributed by atoms with Crippen LogP contribution < -0.4 is 10.6 Å². The Labute approximate surface area is 258 Å². The Balaban J connectivity index is 0.00000423. The fourth-order valence-corrected chi connectivity index (χ4v) is 5.71. The minimum atomic E-state index is -0.982. The molecule has 0 saturated heterocycles. The first-order valence-corrected chi connectivity index (χ1v) is 14.5. The van der Waals surface area contributed by atoms with Gasteiger partial charge in [-0.2, -0.15) is 0 Å². The van der Waals surface area contributed by atoms with Gasteiger partial charge >= 0.3 is 12.1 Å². The highest BCUT2D eigenvalue weighted by Gasteiger charge is 2.31. The first kappa shape index (κ1) is 31.6. The number of hydrogen-bond donors (Lipinski definition) is 3. The second kappa shape index (κ2) is 14.2. The lowest BCUT2D eigenvalue weighted by Gasteiger charge is -2.24. The number of carbonyl (C=O) groups is 3. The van der Waals surface area contributed by atoms with E-state index in [9.17, 15) is 14.4 Å². The molecule has 3 N–H and O–H groups in total. The van der Waals surface area contributed by atoms with Crippen molar-refractivity contribution in [3.05, 3.63) is 95.7 Å². The fraction of sp³-hybridized carbons (Fsp3) is 0.324. The quantitative estimate of drug-likeness (QED) is 0.179. The first-order valence-electron chi connectivity index (χ1n) is 14.5. The molecule has 4 aromatic rings. The van der Waals surface area contributed by atoms with Gasteiger partial charge in [0.1, 0.15) is 18.7 Å². The van der Waals surface area contributed by atoms with Crippen molar-refractivity contribution in [2.45, 2.75) is 51.6 Å². The summed E-state index contributed by atoms with van der Waals surface area (Å²) in [5, 5.41) is 6.56. The molecule has 1 aliphatic carbocycles. The van der Waals surface area contributed by atoms with Crippen LogP contribution in [-0.4, -0.2) is 48.3 Å². The van der Waals surface area contributed by atoms with Crippen LogP contribution in [0.3, 0.4) is 0 Å². The van der Waals surface area contributed by atoms with Crippen molar-refractivity contribution in [2.24, 2.45) is 5.92 Å². The summed E-state index contributed by atoms with van der Waals surface area (Å²) in [4.78, 5) is 42.7. The molecule has 0 radical (unpaired) electrons. The summed E-state index contributed by atoms with van der Waals surface area (Å²) in [6, 6.07) is 22.2. The van der Waals surface area contributed by atoms with Crippen LogP contribution in [0.2, 0.25) is 0 Å². The van der Waals surface area contributed by atoms with Crippen molar-refractivity contribution in [2.75, 3.05) is 13.2 Å². The van der Waals surface area contributed by atoms with E-state index >= 15 is 0 Å². The predicted molar refractivity (Wildman–Crippen MR) is 169 cm³/mol. The fourth-order valence-electron chi connectivity index (χ4n) is 5.71. The highest BCUT2D eigenvalue weighted by molar-refractivity contribution is 5.91. The molecule has 0 saturated carbocycles. The molecule has 1 aromatic heterocycles. The zero-order chi connectivity index (χ0) is 29.6. The van der Waals surface area contributed by atoms with Crippen molar-refractivity contribution in [3.63, 3.8) is 0 Å². The van der Waals surface area contributed by atoms with E-state index in [0.717, 1.165) is 38.7 Å². The molecule has 226 valence electrons. The summed E-state index contributed by atoms with van der Waals surface area (Å²) in [6.07, 6.45) is 1.75. The lowest BCUT2D eigenvalue weighted by Crippen LogP contribution is -2.53. The first-order chi connectivity index (χ1) is 20.4. The van der Waals surface area contributed by atoms with E-state index in [4.69, 9.17) is 9.47 Å². The number of halogens is 1. The third-order valence-corrected chi connectivity index (χ3v) is 7.65. The van der Waals surface area contributed by atoms with Gasteiger partial charge in [0.25, 0.3) is 0 Å². The standard InChI is InChI=1S/C34H37N3O5.ClH/c1-4-41-33(39)31(17-21(2)3)36-32(38)30(18-22-19-35-29-16-10-9-11-23(22)29)37-34(40)42-20-28-26-14-7-5-12-24(26)25-13-6-8-15-27(25)28;/h5-16,19,21,28,30-31,35H,4,17-18,20H2,1-3H3,(H,36,38)(H,37,40);1H/t30-,31+;/m1./s1. The second-order valence-corrected chi connectivity index (χ2v) is 11.0. The number of aromatic nitrogens is 1. The highest BCUT2D eigenvalue weighted by atomic mass is 35.5. The number of para-hydroxylation sites is 1. The van der Waals surface area contributed by atoms with Gasteiger partial charge in [0.05, 0.1) is 6.61 Å². The van der Waals surface area contributed by atoms with Gasteiger partial charge in [-0.15, -0.1) is 12.4 Å². The van der Waals surface area contributed by atoms with Gasteiger partial charge in [0.15, 0.2) is 0 Å². The van der Waals surface area contributed by atoms with Crippen LogP contribution >= 0.6 is 12.4 Å². The Bertz CT molecular complexity index is 1540. The SMILES string of the molecule is CCOC(=O)[C@H](CC(C)C)NC(=O)[C@@H](Cc1c[nH]c2ccccc12)NC(=O)OCC1c2ccccc2-c2ccccc21.Cl. The number of hydrogen-bond acceptors (Lipinski definition) is 5. The maximum Gasteiger partial charge on any atom is 0.407 e. The van der Waals surface area contributed by atoms with E-state index in [1.807, 2.05) is 68.6 Å². The number of benzene rings is 3. The highest BCUT2D eigenvalue weighted by Crippen LogP contribution is 2.44. The number of ether oxygens (including phenoxy) is 2. The number of rotatable bonds is 11. The molecule has 0 unspecified atom stereocenters. The molecule has 0 spiro atoms. The number of alkyl carbamates (subject to hydrolysis) is 1. The summed E-state index contributed by atoms with van der Waals surface area (Å²) < 4.78 is 11.0. The van der Waals surface area contributed by atoms with Crippen LogP contribution in [-0.2, 0) is 25.5 Å². The molecule has 0 fully saturated rings. The lowest BCUT2D eigenvalue weighted by atomic mass is 9.98. The van der Waals surface area contributed by atoms with E-state index in [1.54, 1.807) is 6.92 Å². The number of esters is 1. The van der Waals surface area contributed by atoms with Gasteiger partial charge in [-0.25, -0.2) is 9.59 Å². The molecule has 9 heteroatoms. The van der Waals surface area contributed by atoms with Gasteiger partial charge in [-0.3, -0.25) is 4.79 Å². The average molecular weight is 604 g/mol. The second-order valence-electron chi connectivity index (χ2n) is 11.0. The van der Waals surface area contributed by atoms with Gasteiger partial charge in [0.2, 0.25) is 5.91 Å². The largest absolute Gasteiger partial charge is 0.464 e. The van der Waals surface area contributed by atoms with Crippen molar-refractivity contribution >= 4 is 41.3 Å². The van der Waals surface area contributed by atoms with Crippen LogP contribution in [0.4, 0.5) is 4.79 Å². The summed E-state index contributed by atoms with van der Waals surface area (Å²) in [5.41, 5.74) is 6.26. The topological polar surface area (TPSA) is 110 Å².